The Morgan fingerprint density at radius 1 is 1.24 bits per heavy atom. The Labute approximate surface area is 229 Å². The van der Waals surface area contributed by atoms with Crippen LogP contribution in [-0.2, 0) is 17.6 Å². The van der Waals surface area contributed by atoms with Crippen molar-refractivity contribution in [3.05, 3.63) is 58.1 Å². The van der Waals surface area contributed by atoms with E-state index in [0.29, 0.717) is 30.8 Å². The highest BCUT2D eigenvalue weighted by molar-refractivity contribution is 7.99. The molecule has 0 saturated carbocycles. The number of halogens is 2. The van der Waals surface area contributed by atoms with E-state index in [4.69, 9.17) is 28.8 Å². The molecule has 9 nitrogen and oxygen atoms in total. The van der Waals surface area contributed by atoms with Crippen LogP contribution >= 0.6 is 23.4 Å². The molecule has 5 rings (SSSR count). The summed E-state index contributed by atoms with van der Waals surface area (Å²) in [6, 6.07) is 7.92. The van der Waals surface area contributed by atoms with E-state index in [1.807, 2.05) is 4.90 Å². The molecule has 3 aromatic rings. The molecule has 1 aliphatic carbocycles. The second kappa shape index (κ2) is 10.5. The van der Waals surface area contributed by atoms with Gasteiger partial charge in [0.25, 0.3) is 5.95 Å². The molecule has 2 aliphatic rings. The number of piperidine rings is 1. The van der Waals surface area contributed by atoms with Crippen LogP contribution in [0.5, 0.6) is 0 Å². The molecule has 1 fully saturated rings. The lowest BCUT2D eigenvalue weighted by Crippen LogP contribution is -2.45. The number of aromatic nitrogens is 3. The number of carbonyl (C=O) groups is 1. The third kappa shape index (κ3) is 4.97. The maximum atomic E-state index is 15.1. The van der Waals surface area contributed by atoms with Crippen LogP contribution in [0.3, 0.4) is 0 Å². The molecule has 1 aromatic carbocycles. The van der Waals surface area contributed by atoms with Gasteiger partial charge in [-0.25, -0.2) is 15.0 Å². The molecule has 1 saturated heterocycles. The number of pyridine rings is 1. The van der Waals surface area contributed by atoms with Gasteiger partial charge >= 0.3 is 0 Å². The zero-order valence-electron chi connectivity index (χ0n) is 21.0. The number of benzene rings is 1. The Hall–Kier alpha value is -3.15. The number of anilines is 3. The lowest BCUT2D eigenvalue weighted by Gasteiger charge is -2.42. The van der Waals surface area contributed by atoms with Crippen LogP contribution in [0, 0.1) is 11.4 Å². The number of nitrogens with one attached hydrogen (secondary N) is 1. The number of aryl methyl sites for hydroxylation is 1. The van der Waals surface area contributed by atoms with Crippen molar-refractivity contribution in [2.45, 2.75) is 48.1 Å². The first-order chi connectivity index (χ1) is 18.2. The summed E-state index contributed by atoms with van der Waals surface area (Å²) < 4.78 is 15.1. The molecule has 1 aliphatic heterocycles. The summed E-state index contributed by atoms with van der Waals surface area (Å²) in [7, 11) is 1.64. The fourth-order valence-electron chi connectivity index (χ4n) is 5.41. The van der Waals surface area contributed by atoms with Gasteiger partial charge in [0.05, 0.1) is 5.02 Å². The van der Waals surface area contributed by atoms with Crippen molar-refractivity contribution < 1.29 is 9.18 Å². The number of amides is 1. The Morgan fingerprint density at radius 3 is 2.74 bits per heavy atom. The molecule has 38 heavy (non-hydrogen) atoms. The van der Waals surface area contributed by atoms with Crippen LogP contribution in [0.2, 0.25) is 5.02 Å². The molecule has 2 aromatic heterocycles. The summed E-state index contributed by atoms with van der Waals surface area (Å²) >= 11 is 7.30. The van der Waals surface area contributed by atoms with E-state index in [1.54, 1.807) is 13.1 Å². The van der Waals surface area contributed by atoms with E-state index >= 15 is 4.39 Å². The second-order valence-corrected chi connectivity index (χ2v) is 11.3. The van der Waals surface area contributed by atoms with Gasteiger partial charge in [-0.05, 0) is 53.9 Å². The number of nitrogens with two attached hydrogens (primary N) is 3. The van der Waals surface area contributed by atoms with E-state index < -0.39 is 5.95 Å². The van der Waals surface area contributed by atoms with Crippen LogP contribution < -0.4 is 27.4 Å². The molecule has 1 amide bonds. The van der Waals surface area contributed by atoms with Crippen molar-refractivity contribution in [2.24, 2.45) is 11.1 Å². The molecule has 12 heteroatoms. The topological polar surface area (TPSA) is 149 Å². The number of rotatable bonds is 6. The smallest absolute Gasteiger partial charge is 0.257 e. The maximum Gasteiger partial charge on any atom is 0.257 e. The summed E-state index contributed by atoms with van der Waals surface area (Å²) in [6.07, 6.45) is 5.10. The summed E-state index contributed by atoms with van der Waals surface area (Å²) in [4.78, 5) is 26.5. The van der Waals surface area contributed by atoms with E-state index in [0.717, 1.165) is 42.2 Å². The molecular formula is C26H30ClFN8OS. The highest BCUT2D eigenvalue weighted by Gasteiger charge is 2.46. The van der Waals surface area contributed by atoms with Gasteiger partial charge in [0.2, 0.25) is 5.91 Å². The largest absolute Gasteiger partial charge is 0.382 e. The van der Waals surface area contributed by atoms with Crippen molar-refractivity contribution in [3.63, 3.8) is 0 Å². The van der Waals surface area contributed by atoms with Gasteiger partial charge in [0.1, 0.15) is 10.8 Å². The summed E-state index contributed by atoms with van der Waals surface area (Å²) in [6.45, 7) is 1.19. The quantitative estimate of drug-likeness (QED) is 0.358. The van der Waals surface area contributed by atoms with Crippen molar-refractivity contribution in [1.29, 1.82) is 0 Å². The normalized spacial score (nSPS) is 18.0. The summed E-state index contributed by atoms with van der Waals surface area (Å²) in [5, 5.41) is 3.14. The Bertz CT molecular complexity index is 1380. The van der Waals surface area contributed by atoms with Crippen LogP contribution in [0.25, 0.3) is 0 Å². The van der Waals surface area contributed by atoms with Crippen LogP contribution in [0.15, 0.2) is 40.4 Å². The van der Waals surface area contributed by atoms with Gasteiger partial charge in [-0.1, -0.05) is 41.6 Å². The molecule has 1 atom stereocenters. The highest BCUT2D eigenvalue weighted by atomic mass is 35.5. The molecule has 0 unspecified atom stereocenters. The fourth-order valence-corrected chi connectivity index (χ4v) is 6.44. The van der Waals surface area contributed by atoms with E-state index in [9.17, 15) is 4.79 Å². The Morgan fingerprint density at radius 2 is 2.00 bits per heavy atom. The van der Waals surface area contributed by atoms with Crippen LogP contribution in [-0.4, -0.2) is 41.0 Å². The van der Waals surface area contributed by atoms with Gasteiger partial charge in [0, 0.05) is 43.7 Å². The molecule has 200 valence electrons. The van der Waals surface area contributed by atoms with Gasteiger partial charge in [-0.3, -0.25) is 4.79 Å². The minimum atomic E-state index is -0.685. The van der Waals surface area contributed by atoms with E-state index in [1.165, 1.54) is 11.8 Å². The number of hydrogen-bond acceptors (Lipinski definition) is 9. The molecule has 0 bridgehead atoms. The Kier molecular flexibility index (Phi) is 7.34. The average molecular weight is 557 g/mol. The third-order valence-corrected chi connectivity index (χ3v) is 9.21. The van der Waals surface area contributed by atoms with Crippen LogP contribution in [0.4, 0.5) is 21.8 Å². The van der Waals surface area contributed by atoms with Gasteiger partial charge in [-0.2, -0.15) is 4.39 Å². The first-order valence-corrected chi connectivity index (χ1v) is 13.6. The van der Waals surface area contributed by atoms with E-state index in [-0.39, 0.29) is 44.9 Å². The average Bonchev–Trinajstić information content (AvgIpc) is 3.18. The summed E-state index contributed by atoms with van der Waals surface area (Å²) in [5.41, 5.74) is 22.2. The predicted octanol–water partition coefficient (Wildman–Crippen LogP) is 3.50. The minimum Gasteiger partial charge on any atom is -0.382 e. The van der Waals surface area contributed by atoms with Crippen molar-refractivity contribution in [3.8, 4) is 0 Å². The monoisotopic (exact) mass is 556 g/mol. The fraction of sp³-hybridized carbons (Fsp3) is 0.385. The first kappa shape index (κ1) is 26.5. The number of nitrogen functional groups attached to an aromatic ring is 2. The van der Waals surface area contributed by atoms with Crippen molar-refractivity contribution in [1.82, 2.24) is 20.3 Å². The molecule has 7 N–H and O–H groups in total. The molecule has 1 spiro atoms. The lowest BCUT2D eigenvalue weighted by molar-refractivity contribution is -0.120. The standard InChI is InChI=1S/C26H30ClFN8OS/c1-32-18(37)5-3-14-2-4-15-13-26(20(29)16(15)12-14)7-10-36(11-8-26)24-21(28)34-25(23(31)35-24)38-17-6-9-33-22(30)19(17)27/h2,4,6,9,12,20H,3,5,7-8,10-11,13,29H2,1H3,(H2,30,33)(H2,31,35)(H,32,37)/t20-/m1/s1. The van der Waals surface area contributed by atoms with Gasteiger partial charge < -0.3 is 27.4 Å². The molecule has 0 radical (unpaired) electrons. The van der Waals surface area contributed by atoms with E-state index in [2.05, 4.69) is 38.5 Å². The number of hydrogen-bond donors (Lipinski definition) is 4. The zero-order chi connectivity index (χ0) is 27.0. The van der Waals surface area contributed by atoms with Crippen molar-refractivity contribution >= 4 is 46.7 Å². The van der Waals surface area contributed by atoms with Crippen LogP contribution in [0.1, 0.15) is 42.0 Å². The Balaban J connectivity index is 1.28. The third-order valence-electron chi connectivity index (χ3n) is 7.64. The number of nitrogens with zero attached hydrogens (tertiary/aromatic N) is 4. The highest BCUT2D eigenvalue weighted by Crippen LogP contribution is 2.51. The molecular weight excluding hydrogens is 527 g/mol. The number of fused-ring (bicyclic) bond motifs is 1. The van der Waals surface area contributed by atoms with Gasteiger partial charge in [-0.15, -0.1) is 0 Å². The predicted molar refractivity (Wildman–Crippen MR) is 148 cm³/mol. The second-order valence-electron chi connectivity index (χ2n) is 9.85. The summed E-state index contributed by atoms with van der Waals surface area (Å²) in [5.74, 6) is -0.229. The van der Waals surface area contributed by atoms with Crippen molar-refractivity contribution in [2.75, 3.05) is 36.5 Å². The van der Waals surface area contributed by atoms with Gasteiger partial charge in [0.15, 0.2) is 11.6 Å². The first-order valence-electron chi connectivity index (χ1n) is 12.4. The SMILES string of the molecule is CNC(=O)CCc1ccc2c(c1)[C@@H](N)C1(CCN(c3nc(N)c(Sc4ccnc(N)c4Cl)nc3F)CC1)C2. The number of carbonyl (C=O) groups excluding carboxylic acids is 1. The molecule has 3 heterocycles. The minimum absolute atomic E-state index is 0.0205. The zero-order valence-corrected chi connectivity index (χ0v) is 22.6. The lowest BCUT2D eigenvalue weighted by atomic mass is 9.73. The maximum absolute atomic E-state index is 15.1.